The number of nitrogens with one attached hydrogen (secondary N) is 1. The van der Waals surface area contributed by atoms with Gasteiger partial charge in [-0.3, -0.25) is 0 Å². The maximum atomic E-state index is 9.77. The van der Waals surface area contributed by atoms with Crippen LogP contribution >= 0.6 is 0 Å². The minimum absolute atomic E-state index is 0.490. The van der Waals surface area contributed by atoms with Gasteiger partial charge in [0.2, 0.25) is 0 Å². The van der Waals surface area contributed by atoms with Gasteiger partial charge in [-0.1, -0.05) is 17.7 Å². The first-order valence-electron chi connectivity index (χ1n) is 9.42. The zero-order valence-corrected chi connectivity index (χ0v) is 16.9. The number of aromatic amines is 1. The number of allylic oxidation sites excluding steroid dienone is 1. The molecular weight excluding hydrogens is 360 g/mol. The van der Waals surface area contributed by atoms with Gasteiger partial charge in [-0.05, 0) is 62.7 Å². The molecule has 2 heterocycles. The molecule has 0 unspecified atom stereocenters. The minimum Gasteiger partial charge on any atom is -0.497 e. The largest absolute Gasteiger partial charge is 0.497 e. The number of nitrogens with zero attached hydrogens (tertiary/aromatic N) is 3. The molecule has 0 spiro atoms. The van der Waals surface area contributed by atoms with Crippen LogP contribution in [0.1, 0.15) is 28.3 Å². The van der Waals surface area contributed by atoms with Crippen LogP contribution in [-0.4, -0.2) is 21.6 Å². The second-order valence-electron chi connectivity index (χ2n) is 7.14. The van der Waals surface area contributed by atoms with Gasteiger partial charge in [0.1, 0.15) is 17.6 Å². The van der Waals surface area contributed by atoms with Gasteiger partial charge in [0.15, 0.2) is 0 Å². The zero-order chi connectivity index (χ0) is 20.5. The molecule has 4 rings (SSSR count). The van der Waals surface area contributed by atoms with Crippen molar-refractivity contribution in [1.82, 2.24) is 14.5 Å². The van der Waals surface area contributed by atoms with E-state index in [1.54, 1.807) is 7.11 Å². The molecule has 2 aromatic heterocycles. The predicted octanol–water partition coefficient (Wildman–Crippen LogP) is 5.35. The van der Waals surface area contributed by atoms with E-state index in [0.29, 0.717) is 11.4 Å². The van der Waals surface area contributed by atoms with Crippen molar-refractivity contribution in [3.63, 3.8) is 0 Å². The predicted molar refractivity (Wildman–Crippen MR) is 116 cm³/mol. The van der Waals surface area contributed by atoms with Crippen LogP contribution in [0, 0.1) is 32.1 Å². The number of rotatable bonds is 4. The summed E-state index contributed by atoms with van der Waals surface area (Å²) < 4.78 is 7.46. The molecule has 0 amide bonds. The summed E-state index contributed by atoms with van der Waals surface area (Å²) in [6.45, 7) is 6.22. The highest BCUT2D eigenvalue weighted by molar-refractivity contribution is 5.91. The van der Waals surface area contributed by atoms with Gasteiger partial charge in [-0.25, -0.2) is 4.98 Å². The van der Waals surface area contributed by atoms with Crippen molar-refractivity contribution in [3.8, 4) is 17.5 Å². The molecule has 0 saturated carbocycles. The molecule has 0 aliphatic rings. The highest BCUT2D eigenvalue weighted by atomic mass is 16.5. The summed E-state index contributed by atoms with van der Waals surface area (Å²) in [7, 11) is 1.63. The van der Waals surface area contributed by atoms with E-state index in [9.17, 15) is 5.26 Å². The van der Waals surface area contributed by atoms with Crippen molar-refractivity contribution in [2.24, 2.45) is 0 Å². The normalized spacial score (nSPS) is 11.6. The average Bonchev–Trinajstić information content (AvgIpc) is 3.26. The third-order valence-electron chi connectivity index (χ3n) is 5.13. The maximum absolute atomic E-state index is 9.77. The summed E-state index contributed by atoms with van der Waals surface area (Å²) in [5.74, 6) is 1.30. The van der Waals surface area contributed by atoms with Crippen LogP contribution in [0.3, 0.4) is 0 Å². The SMILES string of the molecule is COc1ccc2nc(/C(C#N)=C/c3cc(C)n(-c4ccc(C)cc4)c3C)[nH]c2c1. The maximum Gasteiger partial charge on any atom is 0.149 e. The lowest BCUT2D eigenvalue weighted by atomic mass is 10.1. The van der Waals surface area contributed by atoms with Crippen LogP contribution in [0.5, 0.6) is 5.75 Å². The first-order chi connectivity index (χ1) is 14.0. The van der Waals surface area contributed by atoms with Crippen molar-refractivity contribution >= 4 is 22.7 Å². The zero-order valence-electron chi connectivity index (χ0n) is 16.9. The number of benzene rings is 2. The van der Waals surface area contributed by atoms with Crippen molar-refractivity contribution in [1.29, 1.82) is 5.26 Å². The van der Waals surface area contributed by atoms with Crippen molar-refractivity contribution in [2.75, 3.05) is 7.11 Å². The molecule has 29 heavy (non-hydrogen) atoms. The molecule has 0 aliphatic heterocycles. The molecule has 2 aromatic carbocycles. The third kappa shape index (κ3) is 3.41. The van der Waals surface area contributed by atoms with E-state index >= 15 is 0 Å². The van der Waals surface area contributed by atoms with E-state index in [4.69, 9.17) is 4.74 Å². The lowest BCUT2D eigenvalue weighted by Crippen LogP contribution is -1.99. The van der Waals surface area contributed by atoms with Crippen LogP contribution in [0.4, 0.5) is 0 Å². The number of hydrogen-bond donors (Lipinski definition) is 1. The monoisotopic (exact) mass is 382 g/mol. The number of fused-ring (bicyclic) bond motifs is 1. The fourth-order valence-corrected chi connectivity index (χ4v) is 3.58. The Morgan fingerprint density at radius 3 is 2.55 bits per heavy atom. The standard InChI is InChI=1S/C24H22N4O/c1-15-5-7-20(8-6-15)28-16(2)11-18(17(28)3)12-19(14-25)24-26-22-10-9-21(29-4)13-23(22)27-24/h5-13H,1-4H3,(H,26,27)/b19-12+. The van der Waals surface area contributed by atoms with E-state index in [1.165, 1.54) is 5.56 Å². The number of hydrogen-bond acceptors (Lipinski definition) is 3. The van der Waals surface area contributed by atoms with Crippen LogP contribution in [-0.2, 0) is 0 Å². The lowest BCUT2D eigenvalue weighted by Gasteiger charge is -2.10. The highest BCUT2D eigenvalue weighted by Gasteiger charge is 2.13. The second kappa shape index (κ2) is 7.33. The molecule has 144 valence electrons. The van der Waals surface area contributed by atoms with E-state index < -0.39 is 0 Å². The van der Waals surface area contributed by atoms with Gasteiger partial charge in [0, 0.05) is 23.1 Å². The van der Waals surface area contributed by atoms with E-state index in [0.717, 1.165) is 39.4 Å². The Morgan fingerprint density at radius 1 is 1.10 bits per heavy atom. The number of aromatic nitrogens is 3. The molecule has 5 nitrogen and oxygen atoms in total. The van der Waals surface area contributed by atoms with Gasteiger partial charge in [0.05, 0.1) is 23.7 Å². The van der Waals surface area contributed by atoms with Crippen LogP contribution in [0.25, 0.3) is 28.4 Å². The lowest BCUT2D eigenvalue weighted by molar-refractivity contribution is 0.415. The quantitative estimate of drug-likeness (QED) is 0.484. The van der Waals surface area contributed by atoms with E-state index in [-0.39, 0.29) is 0 Å². The molecular formula is C24H22N4O. The number of methoxy groups -OCH3 is 1. The van der Waals surface area contributed by atoms with Crippen molar-refractivity contribution < 1.29 is 4.74 Å². The Morgan fingerprint density at radius 2 is 1.86 bits per heavy atom. The van der Waals surface area contributed by atoms with E-state index in [2.05, 4.69) is 71.7 Å². The van der Waals surface area contributed by atoms with Gasteiger partial charge < -0.3 is 14.3 Å². The first-order valence-corrected chi connectivity index (χ1v) is 9.42. The van der Waals surface area contributed by atoms with Gasteiger partial charge in [0.25, 0.3) is 0 Å². The minimum atomic E-state index is 0.490. The molecule has 1 N–H and O–H groups in total. The number of imidazole rings is 1. The topological polar surface area (TPSA) is 66.6 Å². The Bertz CT molecular complexity index is 1270. The molecule has 5 heteroatoms. The third-order valence-corrected chi connectivity index (χ3v) is 5.13. The Labute approximate surface area is 169 Å². The molecule has 0 bridgehead atoms. The molecule has 4 aromatic rings. The number of nitriles is 1. The average molecular weight is 382 g/mol. The molecule has 0 aliphatic carbocycles. The molecule has 0 radical (unpaired) electrons. The summed E-state index contributed by atoms with van der Waals surface area (Å²) in [4.78, 5) is 7.81. The number of ether oxygens (including phenoxy) is 1. The van der Waals surface area contributed by atoms with Gasteiger partial charge >= 0.3 is 0 Å². The Kier molecular flexibility index (Phi) is 4.69. The van der Waals surface area contributed by atoms with Crippen LogP contribution in [0.2, 0.25) is 0 Å². The second-order valence-corrected chi connectivity index (χ2v) is 7.14. The Hall–Kier alpha value is -3.78. The van der Waals surface area contributed by atoms with Gasteiger partial charge in [-0.15, -0.1) is 0 Å². The highest BCUT2D eigenvalue weighted by Crippen LogP contribution is 2.26. The van der Waals surface area contributed by atoms with Crippen molar-refractivity contribution in [2.45, 2.75) is 20.8 Å². The molecule has 0 fully saturated rings. The fraction of sp³-hybridized carbons (Fsp3) is 0.167. The Balaban J connectivity index is 1.77. The van der Waals surface area contributed by atoms with Crippen LogP contribution in [0.15, 0.2) is 48.5 Å². The summed E-state index contributed by atoms with van der Waals surface area (Å²) in [5.41, 5.74) is 7.66. The van der Waals surface area contributed by atoms with E-state index in [1.807, 2.05) is 24.3 Å². The number of aryl methyl sites for hydroxylation is 2. The van der Waals surface area contributed by atoms with Crippen molar-refractivity contribution in [3.05, 3.63) is 76.9 Å². The fourth-order valence-electron chi connectivity index (χ4n) is 3.58. The summed E-state index contributed by atoms with van der Waals surface area (Å²) in [5, 5.41) is 9.77. The smallest absolute Gasteiger partial charge is 0.149 e. The summed E-state index contributed by atoms with van der Waals surface area (Å²) >= 11 is 0. The molecule has 0 atom stereocenters. The summed E-state index contributed by atoms with van der Waals surface area (Å²) in [6, 6.07) is 18.4. The van der Waals surface area contributed by atoms with Gasteiger partial charge in [-0.2, -0.15) is 5.26 Å². The molecule has 0 saturated heterocycles. The van der Waals surface area contributed by atoms with Crippen LogP contribution < -0.4 is 4.74 Å². The number of H-pyrrole nitrogens is 1. The first kappa shape index (κ1) is 18.6. The summed E-state index contributed by atoms with van der Waals surface area (Å²) in [6.07, 6.45) is 1.89.